The maximum absolute atomic E-state index is 5.00. The highest BCUT2D eigenvalue weighted by atomic mass is 16.5. The van der Waals surface area contributed by atoms with Gasteiger partial charge in [0.1, 0.15) is 12.2 Å². The first-order chi connectivity index (χ1) is 7.38. The highest BCUT2D eigenvalue weighted by Gasteiger charge is 1.98. The lowest BCUT2D eigenvalue weighted by atomic mass is 10.4. The van der Waals surface area contributed by atoms with Crippen LogP contribution in [-0.4, -0.2) is 27.3 Å². The van der Waals surface area contributed by atoms with Crippen molar-refractivity contribution in [2.24, 2.45) is 0 Å². The van der Waals surface area contributed by atoms with E-state index >= 15 is 0 Å². The van der Waals surface area contributed by atoms with Crippen LogP contribution < -0.4 is 10.1 Å². The summed E-state index contributed by atoms with van der Waals surface area (Å²) < 4.78 is 5.00. The minimum Gasteiger partial charge on any atom is -0.481 e. The van der Waals surface area contributed by atoms with Crippen LogP contribution in [-0.2, 0) is 6.54 Å². The number of pyridine rings is 1. The van der Waals surface area contributed by atoms with Crippen molar-refractivity contribution >= 4 is 5.69 Å². The highest BCUT2D eigenvalue weighted by Crippen LogP contribution is 2.13. The van der Waals surface area contributed by atoms with Crippen LogP contribution in [0, 0.1) is 0 Å². The predicted molar refractivity (Wildman–Crippen MR) is 54.5 cm³/mol. The minimum atomic E-state index is 0.581. The third-order valence-corrected chi connectivity index (χ3v) is 1.87. The first-order valence-electron chi connectivity index (χ1n) is 4.46. The van der Waals surface area contributed by atoms with Gasteiger partial charge in [0.05, 0.1) is 13.7 Å². The lowest BCUT2D eigenvalue weighted by Crippen LogP contribution is -2.01. The molecule has 0 atom stereocenters. The summed E-state index contributed by atoms with van der Waals surface area (Å²) >= 11 is 0. The zero-order chi connectivity index (χ0) is 10.5. The molecule has 0 spiro atoms. The number of aromatic nitrogens is 4. The molecular formula is C9H11N5O. The summed E-state index contributed by atoms with van der Waals surface area (Å²) in [5.74, 6) is 1.36. The molecule has 0 bridgehead atoms. The lowest BCUT2D eigenvalue weighted by molar-refractivity contribution is 0.398. The topological polar surface area (TPSA) is 75.7 Å². The van der Waals surface area contributed by atoms with Gasteiger partial charge in [-0.25, -0.2) is 9.97 Å². The Morgan fingerprint density at radius 3 is 3.13 bits per heavy atom. The number of methoxy groups -OCH3 is 1. The Balaban J connectivity index is 1.98. The Bertz CT molecular complexity index is 414. The van der Waals surface area contributed by atoms with Crippen LogP contribution in [0.1, 0.15) is 5.82 Å². The molecule has 2 N–H and O–H groups in total. The maximum atomic E-state index is 5.00. The molecular weight excluding hydrogens is 194 g/mol. The molecule has 0 aliphatic heterocycles. The van der Waals surface area contributed by atoms with Gasteiger partial charge in [0, 0.05) is 18.0 Å². The Morgan fingerprint density at radius 1 is 1.47 bits per heavy atom. The molecule has 0 aliphatic carbocycles. The van der Waals surface area contributed by atoms with E-state index in [-0.39, 0.29) is 0 Å². The number of nitrogens with zero attached hydrogens (tertiary/aromatic N) is 3. The minimum absolute atomic E-state index is 0.581. The molecule has 0 unspecified atom stereocenters. The van der Waals surface area contributed by atoms with E-state index in [1.807, 2.05) is 12.1 Å². The van der Waals surface area contributed by atoms with Crippen molar-refractivity contribution in [3.8, 4) is 5.88 Å². The summed E-state index contributed by atoms with van der Waals surface area (Å²) in [7, 11) is 1.59. The zero-order valence-electron chi connectivity index (χ0n) is 8.27. The molecule has 15 heavy (non-hydrogen) atoms. The SMILES string of the molecule is COc1cc(NCc2ncn[nH]2)ccn1. The van der Waals surface area contributed by atoms with E-state index in [0.29, 0.717) is 12.4 Å². The van der Waals surface area contributed by atoms with E-state index in [2.05, 4.69) is 25.5 Å². The number of hydrogen-bond donors (Lipinski definition) is 2. The summed E-state index contributed by atoms with van der Waals surface area (Å²) in [6.45, 7) is 0.590. The van der Waals surface area contributed by atoms with Crippen molar-refractivity contribution in [3.05, 3.63) is 30.5 Å². The van der Waals surface area contributed by atoms with Crippen molar-refractivity contribution in [2.75, 3.05) is 12.4 Å². The van der Waals surface area contributed by atoms with E-state index in [1.165, 1.54) is 6.33 Å². The number of nitrogens with one attached hydrogen (secondary N) is 2. The van der Waals surface area contributed by atoms with Crippen LogP contribution in [0.15, 0.2) is 24.7 Å². The molecule has 6 heteroatoms. The largest absolute Gasteiger partial charge is 0.481 e. The van der Waals surface area contributed by atoms with Gasteiger partial charge in [-0.2, -0.15) is 5.10 Å². The first-order valence-corrected chi connectivity index (χ1v) is 4.46. The Labute approximate surface area is 86.7 Å². The van der Waals surface area contributed by atoms with Gasteiger partial charge in [-0.3, -0.25) is 5.10 Å². The second kappa shape index (κ2) is 4.41. The second-order valence-corrected chi connectivity index (χ2v) is 2.87. The maximum Gasteiger partial charge on any atom is 0.214 e. The van der Waals surface area contributed by atoms with E-state index in [4.69, 9.17) is 4.74 Å². The van der Waals surface area contributed by atoms with Crippen molar-refractivity contribution in [1.29, 1.82) is 0 Å². The number of H-pyrrole nitrogens is 1. The molecule has 2 rings (SSSR count). The van der Waals surface area contributed by atoms with Crippen LogP contribution in [0.25, 0.3) is 0 Å². The van der Waals surface area contributed by atoms with Crippen molar-refractivity contribution < 1.29 is 4.74 Å². The highest BCUT2D eigenvalue weighted by molar-refractivity contribution is 5.44. The van der Waals surface area contributed by atoms with Gasteiger partial charge >= 0.3 is 0 Å². The molecule has 2 aromatic rings. The molecule has 78 valence electrons. The Morgan fingerprint density at radius 2 is 2.40 bits per heavy atom. The summed E-state index contributed by atoms with van der Waals surface area (Å²) in [6.07, 6.45) is 3.16. The normalized spacial score (nSPS) is 9.93. The number of anilines is 1. The molecule has 0 saturated carbocycles. The smallest absolute Gasteiger partial charge is 0.214 e. The lowest BCUT2D eigenvalue weighted by Gasteiger charge is -2.05. The number of rotatable bonds is 4. The summed E-state index contributed by atoms with van der Waals surface area (Å²) in [5.41, 5.74) is 0.929. The Kier molecular flexibility index (Phi) is 2.77. The van der Waals surface area contributed by atoms with E-state index in [1.54, 1.807) is 13.3 Å². The third kappa shape index (κ3) is 2.43. The van der Waals surface area contributed by atoms with Gasteiger partial charge in [0.25, 0.3) is 0 Å². The molecule has 0 aliphatic rings. The van der Waals surface area contributed by atoms with Gasteiger partial charge in [-0.1, -0.05) is 0 Å². The number of aromatic amines is 1. The average molecular weight is 205 g/mol. The van der Waals surface area contributed by atoms with Crippen LogP contribution in [0.4, 0.5) is 5.69 Å². The number of ether oxygens (including phenoxy) is 1. The van der Waals surface area contributed by atoms with E-state index in [9.17, 15) is 0 Å². The molecule has 0 saturated heterocycles. The van der Waals surface area contributed by atoms with Gasteiger partial charge in [-0.15, -0.1) is 0 Å². The fourth-order valence-corrected chi connectivity index (χ4v) is 1.13. The van der Waals surface area contributed by atoms with E-state index in [0.717, 1.165) is 11.5 Å². The standard InChI is InChI=1S/C9H11N5O/c1-15-9-4-7(2-3-10-9)11-5-8-12-6-13-14-8/h2-4,6H,5H2,1H3,(H,10,11)(H,12,13,14). The predicted octanol–water partition coefficient (Wildman–Crippen LogP) is 0.820. The summed E-state index contributed by atoms with van der Waals surface area (Å²) in [5, 5.41) is 9.69. The van der Waals surface area contributed by atoms with Gasteiger partial charge in [-0.05, 0) is 6.07 Å². The molecule has 0 amide bonds. The van der Waals surface area contributed by atoms with Crippen molar-refractivity contribution in [1.82, 2.24) is 20.2 Å². The Hall–Kier alpha value is -2.11. The molecule has 0 radical (unpaired) electrons. The van der Waals surface area contributed by atoms with E-state index < -0.39 is 0 Å². The second-order valence-electron chi connectivity index (χ2n) is 2.87. The van der Waals surface area contributed by atoms with Gasteiger partial charge < -0.3 is 10.1 Å². The van der Waals surface area contributed by atoms with Crippen LogP contribution in [0.2, 0.25) is 0 Å². The number of hydrogen-bond acceptors (Lipinski definition) is 5. The summed E-state index contributed by atoms with van der Waals surface area (Å²) in [4.78, 5) is 8.00. The molecule has 0 aromatic carbocycles. The fourth-order valence-electron chi connectivity index (χ4n) is 1.13. The van der Waals surface area contributed by atoms with Crippen LogP contribution >= 0.6 is 0 Å². The van der Waals surface area contributed by atoms with Gasteiger partial charge in [0.2, 0.25) is 5.88 Å². The summed E-state index contributed by atoms with van der Waals surface area (Å²) in [6, 6.07) is 3.68. The quantitative estimate of drug-likeness (QED) is 0.772. The molecule has 0 fully saturated rings. The van der Waals surface area contributed by atoms with Gasteiger partial charge in [0.15, 0.2) is 0 Å². The van der Waals surface area contributed by atoms with Crippen LogP contribution in [0.3, 0.4) is 0 Å². The monoisotopic (exact) mass is 205 g/mol. The zero-order valence-corrected chi connectivity index (χ0v) is 8.27. The average Bonchev–Trinajstić information content (AvgIpc) is 2.79. The van der Waals surface area contributed by atoms with Crippen LogP contribution in [0.5, 0.6) is 5.88 Å². The molecule has 6 nitrogen and oxygen atoms in total. The van der Waals surface area contributed by atoms with Crippen molar-refractivity contribution in [3.63, 3.8) is 0 Å². The molecule has 2 aromatic heterocycles. The molecule has 2 heterocycles. The van der Waals surface area contributed by atoms with Crippen molar-refractivity contribution in [2.45, 2.75) is 6.54 Å². The third-order valence-electron chi connectivity index (χ3n) is 1.87. The first kappa shape index (κ1) is 9.45. The fraction of sp³-hybridized carbons (Fsp3) is 0.222.